The smallest absolute Gasteiger partial charge is 0.347 e. The van der Waals surface area contributed by atoms with E-state index in [0.717, 1.165) is 0 Å². The van der Waals surface area contributed by atoms with Crippen LogP contribution in [0, 0.1) is 0 Å². The van der Waals surface area contributed by atoms with Crippen molar-refractivity contribution in [2.24, 2.45) is 0 Å². The van der Waals surface area contributed by atoms with Gasteiger partial charge in [0, 0.05) is 31.5 Å². The molecule has 0 bridgehead atoms. The molecule has 0 aliphatic carbocycles. The van der Waals surface area contributed by atoms with E-state index in [4.69, 9.17) is 9.47 Å². The number of hydrogen-bond acceptors (Lipinski definition) is 3. The number of alkyl halides is 6. The van der Waals surface area contributed by atoms with Gasteiger partial charge in [-0.2, -0.15) is 26.3 Å². The zero-order valence-corrected chi connectivity index (χ0v) is 13.4. The fraction of sp³-hybridized carbons (Fsp3) is 0.562. The first-order valence-corrected chi connectivity index (χ1v) is 7.87. The number of rotatable bonds is 1. The quantitative estimate of drug-likeness (QED) is 0.695. The van der Waals surface area contributed by atoms with Gasteiger partial charge in [-0.25, -0.2) is 0 Å². The molecule has 0 radical (unpaired) electrons. The van der Waals surface area contributed by atoms with Crippen LogP contribution in [-0.2, 0) is 21.8 Å². The second kappa shape index (κ2) is 6.41. The maximum Gasteiger partial charge on any atom is 0.416 e. The number of hydrogen-bond donors (Lipinski definition) is 0. The van der Waals surface area contributed by atoms with Crippen LogP contribution in [0.4, 0.5) is 26.3 Å². The number of carbonyl (C=O) groups is 1. The van der Waals surface area contributed by atoms with Gasteiger partial charge in [0.15, 0.2) is 5.79 Å². The van der Waals surface area contributed by atoms with E-state index in [-0.39, 0.29) is 19.2 Å². The van der Waals surface area contributed by atoms with E-state index in [1.165, 1.54) is 4.90 Å². The highest BCUT2D eigenvalue weighted by molar-refractivity contribution is 5.94. The summed E-state index contributed by atoms with van der Waals surface area (Å²) in [6.07, 6.45) is -9.37. The third-order valence-electron chi connectivity index (χ3n) is 4.46. The summed E-state index contributed by atoms with van der Waals surface area (Å²) in [7, 11) is 0. The van der Waals surface area contributed by atoms with Crippen LogP contribution in [0.3, 0.4) is 0 Å². The summed E-state index contributed by atoms with van der Waals surface area (Å²) >= 11 is 0. The highest BCUT2D eigenvalue weighted by atomic mass is 19.4. The zero-order valence-electron chi connectivity index (χ0n) is 13.4. The van der Waals surface area contributed by atoms with Crippen molar-refractivity contribution in [1.29, 1.82) is 0 Å². The van der Waals surface area contributed by atoms with Crippen molar-refractivity contribution in [3.63, 3.8) is 0 Å². The lowest BCUT2D eigenvalue weighted by Crippen LogP contribution is -2.47. The lowest BCUT2D eigenvalue weighted by molar-refractivity contribution is -0.181. The van der Waals surface area contributed by atoms with Gasteiger partial charge in [-0.3, -0.25) is 4.79 Å². The largest absolute Gasteiger partial charge is 0.416 e. The molecule has 0 saturated carbocycles. The van der Waals surface area contributed by atoms with E-state index in [1.807, 2.05) is 0 Å². The van der Waals surface area contributed by atoms with Crippen LogP contribution < -0.4 is 0 Å². The van der Waals surface area contributed by atoms with Crippen LogP contribution in [0.25, 0.3) is 0 Å². The van der Waals surface area contributed by atoms with Crippen LogP contribution in [0.15, 0.2) is 18.2 Å². The Morgan fingerprint density at radius 1 is 0.885 bits per heavy atom. The Balaban J connectivity index is 1.85. The van der Waals surface area contributed by atoms with Crippen molar-refractivity contribution < 1.29 is 40.6 Å². The zero-order chi connectivity index (χ0) is 19.2. The molecular formula is C16H15F6NO3. The summed E-state index contributed by atoms with van der Waals surface area (Å²) in [4.78, 5) is 13.7. The maximum atomic E-state index is 12.9. The van der Waals surface area contributed by atoms with E-state index >= 15 is 0 Å². The van der Waals surface area contributed by atoms with Gasteiger partial charge in [-0.1, -0.05) is 0 Å². The number of halogens is 6. The Bertz CT molecular complexity index is 652. The van der Waals surface area contributed by atoms with E-state index in [1.54, 1.807) is 0 Å². The number of piperidine rings is 1. The topological polar surface area (TPSA) is 38.8 Å². The molecule has 0 atom stereocenters. The van der Waals surface area contributed by atoms with Crippen LogP contribution in [0.2, 0.25) is 0 Å². The van der Waals surface area contributed by atoms with Crippen LogP contribution in [-0.4, -0.2) is 42.9 Å². The standard InChI is InChI=1S/C16H15F6NO3/c17-15(18,19)11-7-10(8-12(9-11)16(20,21)22)13(24)23-3-1-14(2-4-23)25-5-6-26-14/h7-9H,1-6H2. The van der Waals surface area contributed by atoms with Crippen LogP contribution in [0.5, 0.6) is 0 Å². The number of carbonyl (C=O) groups excluding carboxylic acids is 1. The van der Waals surface area contributed by atoms with Crippen LogP contribution in [0.1, 0.15) is 34.3 Å². The molecule has 144 valence electrons. The van der Waals surface area contributed by atoms with Gasteiger partial charge in [-0.15, -0.1) is 0 Å². The van der Waals surface area contributed by atoms with Crippen molar-refractivity contribution in [2.75, 3.05) is 26.3 Å². The molecule has 2 aliphatic heterocycles. The molecule has 10 heteroatoms. The highest BCUT2D eigenvalue weighted by Gasteiger charge is 2.42. The summed E-state index contributed by atoms with van der Waals surface area (Å²) < 4.78 is 88.5. The predicted octanol–water partition coefficient (Wildman–Crippen LogP) is 3.70. The number of ether oxygens (including phenoxy) is 2. The number of likely N-dealkylation sites (tertiary alicyclic amines) is 1. The summed E-state index contributed by atoms with van der Waals surface area (Å²) in [6.45, 7) is 1.07. The second-order valence-corrected chi connectivity index (χ2v) is 6.19. The van der Waals surface area contributed by atoms with Crippen molar-refractivity contribution >= 4 is 5.91 Å². The third kappa shape index (κ3) is 3.80. The van der Waals surface area contributed by atoms with E-state index in [0.29, 0.717) is 38.2 Å². The average molecular weight is 383 g/mol. The Morgan fingerprint density at radius 3 is 1.77 bits per heavy atom. The van der Waals surface area contributed by atoms with E-state index in [9.17, 15) is 31.1 Å². The van der Waals surface area contributed by atoms with Gasteiger partial charge in [-0.05, 0) is 18.2 Å². The van der Waals surface area contributed by atoms with Crippen molar-refractivity contribution in [3.05, 3.63) is 34.9 Å². The molecule has 0 N–H and O–H groups in total. The molecule has 1 aromatic rings. The first-order chi connectivity index (χ1) is 12.0. The molecule has 2 heterocycles. The lowest BCUT2D eigenvalue weighted by atomic mass is 10.0. The van der Waals surface area contributed by atoms with Gasteiger partial charge in [0.1, 0.15) is 0 Å². The van der Waals surface area contributed by atoms with Crippen molar-refractivity contribution in [1.82, 2.24) is 4.90 Å². The SMILES string of the molecule is O=C(c1cc(C(F)(F)F)cc(C(F)(F)F)c1)N1CCC2(CC1)OCCO2. The average Bonchev–Trinajstić information content (AvgIpc) is 3.01. The Kier molecular flexibility index (Phi) is 4.68. The predicted molar refractivity (Wildman–Crippen MR) is 76.2 cm³/mol. The monoisotopic (exact) mass is 383 g/mol. The molecule has 1 amide bonds. The number of benzene rings is 1. The Labute approximate surface area is 144 Å². The minimum Gasteiger partial charge on any atom is -0.347 e. The van der Waals surface area contributed by atoms with E-state index in [2.05, 4.69) is 0 Å². The molecular weight excluding hydrogens is 368 g/mol. The molecule has 0 aromatic heterocycles. The Morgan fingerprint density at radius 2 is 1.35 bits per heavy atom. The molecule has 3 rings (SSSR count). The minimum absolute atomic E-state index is 0.00217. The first-order valence-electron chi connectivity index (χ1n) is 7.87. The third-order valence-corrected chi connectivity index (χ3v) is 4.46. The van der Waals surface area contributed by atoms with Crippen LogP contribution >= 0.6 is 0 Å². The number of amides is 1. The van der Waals surface area contributed by atoms with Gasteiger partial charge in [0.2, 0.25) is 0 Å². The summed E-state index contributed by atoms with van der Waals surface area (Å²) in [5, 5.41) is 0. The van der Waals surface area contributed by atoms with Gasteiger partial charge in [0.05, 0.1) is 24.3 Å². The first kappa shape index (κ1) is 19.0. The Hall–Kier alpha value is -1.81. The van der Waals surface area contributed by atoms with Gasteiger partial charge < -0.3 is 14.4 Å². The summed E-state index contributed by atoms with van der Waals surface area (Å²) in [5.74, 6) is -1.68. The van der Waals surface area contributed by atoms with Crippen molar-refractivity contribution in [3.8, 4) is 0 Å². The lowest BCUT2D eigenvalue weighted by Gasteiger charge is -2.37. The summed E-state index contributed by atoms with van der Waals surface area (Å²) in [6, 6.07) is 0.900. The highest BCUT2D eigenvalue weighted by Crippen LogP contribution is 2.37. The molecule has 2 fully saturated rings. The molecule has 1 spiro atoms. The number of nitrogens with zero attached hydrogens (tertiary/aromatic N) is 1. The molecule has 2 aliphatic rings. The van der Waals surface area contributed by atoms with Gasteiger partial charge >= 0.3 is 12.4 Å². The van der Waals surface area contributed by atoms with Crippen molar-refractivity contribution in [2.45, 2.75) is 31.0 Å². The minimum atomic E-state index is -4.99. The fourth-order valence-corrected chi connectivity index (χ4v) is 3.10. The second-order valence-electron chi connectivity index (χ2n) is 6.19. The molecule has 2 saturated heterocycles. The molecule has 0 unspecified atom stereocenters. The van der Waals surface area contributed by atoms with E-state index < -0.39 is 40.7 Å². The maximum absolute atomic E-state index is 12.9. The molecule has 1 aromatic carbocycles. The summed E-state index contributed by atoms with van der Waals surface area (Å²) in [5.41, 5.74) is -3.66. The fourth-order valence-electron chi connectivity index (χ4n) is 3.10. The molecule has 4 nitrogen and oxygen atoms in total. The molecule has 26 heavy (non-hydrogen) atoms. The van der Waals surface area contributed by atoms with Gasteiger partial charge in [0.25, 0.3) is 5.91 Å². The normalized spacial score (nSPS) is 20.6.